The van der Waals surface area contributed by atoms with Crippen molar-refractivity contribution in [3.63, 3.8) is 0 Å². The highest BCUT2D eigenvalue weighted by molar-refractivity contribution is 6.30. The van der Waals surface area contributed by atoms with E-state index >= 15 is 0 Å². The molecule has 11 heteroatoms. The summed E-state index contributed by atoms with van der Waals surface area (Å²) >= 11 is 5.92. The van der Waals surface area contributed by atoms with Crippen molar-refractivity contribution in [2.75, 3.05) is 51.0 Å². The second kappa shape index (κ2) is 12.6. The Kier molecular flexibility index (Phi) is 8.97. The largest absolute Gasteiger partial charge is 0.490 e. The van der Waals surface area contributed by atoms with Crippen LogP contribution in [0.4, 0.5) is 5.69 Å². The molecule has 4 rings (SSSR count). The maximum atomic E-state index is 12.6. The van der Waals surface area contributed by atoms with Gasteiger partial charge in [-0.1, -0.05) is 11.6 Å². The average Bonchev–Trinajstić information content (AvgIpc) is 3.30. The summed E-state index contributed by atoms with van der Waals surface area (Å²) in [6.07, 6.45) is 1.59. The van der Waals surface area contributed by atoms with Gasteiger partial charge in [0.05, 0.1) is 32.0 Å². The van der Waals surface area contributed by atoms with Gasteiger partial charge < -0.3 is 24.0 Å². The molecule has 0 saturated carbocycles. The normalized spacial score (nSPS) is 17.8. The Morgan fingerprint density at radius 1 is 1.14 bits per heavy atom. The average molecular weight is 529 g/mol. The first-order valence-electron chi connectivity index (χ1n) is 12.1. The Bertz CT molecular complexity index is 1150. The fourth-order valence-electron chi connectivity index (χ4n) is 4.05. The van der Waals surface area contributed by atoms with Crippen molar-refractivity contribution in [2.45, 2.75) is 13.3 Å². The van der Waals surface area contributed by atoms with Crippen LogP contribution in [0.25, 0.3) is 0 Å². The van der Waals surface area contributed by atoms with E-state index in [1.54, 1.807) is 52.3 Å². The fourth-order valence-corrected chi connectivity index (χ4v) is 4.18. The summed E-state index contributed by atoms with van der Waals surface area (Å²) < 4.78 is 16.7. The molecule has 0 unspecified atom stereocenters. The Morgan fingerprint density at radius 2 is 1.89 bits per heavy atom. The van der Waals surface area contributed by atoms with Gasteiger partial charge in [-0.2, -0.15) is 5.10 Å². The van der Waals surface area contributed by atoms with Crippen molar-refractivity contribution < 1.29 is 28.6 Å². The van der Waals surface area contributed by atoms with Crippen molar-refractivity contribution in [3.05, 3.63) is 53.1 Å². The number of anilines is 1. The Morgan fingerprint density at radius 3 is 2.62 bits per heavy atom. The summed E-state index contributed by atoms with van der Waals surface area (Å²) in [7, 11) is 0. The molecule has 0 aliphatic carbocycles. The number of hydrogen-bond donors (Lipinski definition) is 1. The molecule has 2 saturated heterocycles. The summed E-state index contributed by atoms with van der Waals surface area (Å²) in [6, 6.07) is 12.1. The molecule has 0 spiro atoms. The predicted molar refractivity (Wildman–Crippen MR) is 138 cm³/mol. The van der Waals surface area contributed by atoms with Crippen LogP contribution in [0.5, 0.6) is 11.5 Å². The molecule has 2 aliphatic rings. The number of halogens is 1. The molecular formula is C26H29ClN4O6. The summed E-state index contributed by atoms with van der Waals surface area (Å²) in [6.45, 7) is 4.58. The van der Waals surface area contributed by atoms with E-state index < -0.39 is 5.92 Å². The molecule has 2 aromatic rings. The monoisotopic (exact) mass is 528 g/mol. The minimum Gasteiger partial charge on any atom is -0.490 e. The topological polar surface area (TPSA) is 110 Å². The molecule has 1 N–H and O–H groups in total. The van der Waals surface area contributed by atoms with Crippen LogP contribution < -0.4 is 19.8 Å². The van der Waals surface area contributed by atoms with Gasteiger partial charge in [0.2, 0.25) is 11.8 Å². The number of ether oxygens (including phenoxy) is 3. The third kappa shape index (κ3) is 6.99. The number of hydrogen-bond acceptors (Lipinski definition) is 7. The molecule has 2 aliphatic heterocycles. The second-order valence-corrected chi connectivity index (χ2v) is 8.97. The highest BCUT2D eigenvalue weighted by Crippen LogP contribution is 2.29. The first-order chi connectivity index (χ1) is 17.9. The number of rotatable bonds is 9. The van der Waals surface area contributed by atoms with Crippen molar-refractivity contribution in [1.29, 1.82) is 0 Å². The van der Waals surface area contributed by atoms with Gasteiger partial charge >= 0.3 is 0 Å². The summed E-state index contributed by atoms with van der Waals surface area (Å²) in [5, 5.41) is 4.62. The third-order valence-electron chi connectivity index (χ3n) is 6.01. The molecule has 37 heavy (non-hydrogen) atoms. The number of nitrogens with zero attached hydrogens (tertiary/aromatic N) is 3. The van der Waals surface area contributed by atoms with Crippen LogP contribution >= 0.6 is 11.6 Å². The minimum atomic E-state index is -0.515. The van der Waals surface area contributed by atoms with Crippen molar-refractivity contribution in [2.24, 2.45) is 11.0 Å². The lowest BCUT2D eigenvalue weighted by Gasteiger charge is -2.26. The standard InChI is InChI=1S/C26H29ClN4O6/c1-2-36-23-13-18(3-8-22(23)37-17-25(33)30-9-11-35-12-10-30)15-28-29-26(34)19-14-24(32)31(16-19)21-6-4-20(27)5-7-21/h3-8,13,15,19H,2,9-12,14,16-17H2,1H3,(H,29,34)/b28-15-/t19-/m0/s1. The van der Waals surface area contributed by atoms with Gasteiger partial charge in [0, 0.05) is 36.8 Å². The molecular weight excluding hydrogens is 500 g/mol. The van der Waals surface area contributed by atoms with Crippen LogP contribution in [-0.2, 0) is 19.1 Å². The molecule has 0 bridgehead atoms. The number of morpholine rings is 1. The number of amides is 3. The number of nitrogens with one attached hydrogen (secondary N) is 1. The lowest BCUT2D eigenvalue weighted by atomic mass is 10.1. The van der Waals surface area contributed by atoms with E-state index in [0.29, 0.717) is 60.7 Å². The molecule has 0 aromatic heterocycles. The van der Waals surface area contributed by atoms with Crippen LogP contribution in [0.2, 0.25) is 5.02 Å². The van der Waals surface area contributed by atoms with E-state index in [2.05, 4.69) is 10.5 Å². The highest BCUT2D eigenvalue weighted by Gasteiger charge is 2.35. The number of carbonyl (C=O) groups is 3. The Hall–Kier alpha value is -3.63. The SMILES string of the molecule is CCOc1cc(/C=N\NC(=O)[C@H]2CC(=O)N(c3ccc(Cl)cc3)C2)ccc1OCC(=O)N1CCOCC1. The van der Waals surface area contributed by atoms with Crippen molar-refractivity contribution in [3.8, 4) is 11.5 Å². The quantitative estimate of drug-likeness (QED) is 0.395. The molecule has 10 nitrogen and oxygen atoms in total. The van der Waals surface area contributed by atoms with E-state index in [4.69, 9.17) is 25.8 Å². The van der Waals surface area contributed by atoms with Gasteiger partial charge in [-0.25, -0.2) is 5.43 Å². The zero-order chi connectivity index (χ0) is 26.2. The van der Waals surface area contributed by atoms with Gasteiger partial charge in [-0.15, -0.1) is 0 Å². The summed E-state index contributed by atoms with van der Waals surface area (Å²) in [5.41, 5.74) is 3.88. The van der Waals surface area contributed by atoms with Crippen molar-refractivity contribution in [1.82, 2.24) is 10.3 Å². The maximum Gasteiger partial charge on any atom is 0.260 e. The Labute approximate surface area is 220 Å². The zero-order valence-electron chi connectivity index (χ0n) is 20.5. The lowest BCUT2D eigenvalue weighted by molar-refractivity contribution is -0.137. The van der Waals surface area contributed by atoms with E-state index in [-0.39, 0.29) is 37.3 Å². The van der Waals surface area contributed by atoms with Gasteiger partial charge in [-0.3, -0.25) is 14.4 Å². The molecule has 2 heterocycles. The molecule has 2 aromatic carbocycles. The fraction of sp³-hybridized carbons (Fsp3) is 0.385. The first-order valence-corrected chi connectivity index (χ1v) is 12.5. The summed E-state index contributed by atoms with van der Waals surface area (Å²) in [5.74, 6) is -0.189. The van der Waals surface area contributed by atoms with E-state index in [1.165, 1.54) is 6.21 Å². The van der Waals surface area contributed by atoms with Crippen LogP contribution in [0.3, 0.4) is 0 Å². The van der Waals surface area contributed by atoms with Gasteiger partial charge in [0.25, 0.3) is 5.91 Å². The molecule has 3 amide bonds. The van der Waals surface area contributed by atoms with Crippen molar-refractivity contribution >= 4 is 41.2 Å². The molecule has 0 radical (unpaired) electrons. The predicted octanol–water partition coefficient (Wildman–Crippen LogP) is 2.48. The smallest absolute Gasteiger partial charge is 0.260 e. The highest BCUT2D eigenvalue weighted by atomic mass is 35.5. The van der Waals surface area contributed by atoms with E-state index in [9.17, 15) is 14.4 Å². The van der Waals surface area contributed by atoms with Gasteiger partial charge in [-0.05, 0) is 55.0 Å². The molecule has 196 valence electrons. The minimum absolute atomic E-state index is 0.100. The van der Waals surface area contributed by atoms with E-state index in [0.717, 1.165) is 0 Å². The summed E-state index contributed by atoms with van der Waals surface area (Å²) in [4.78, 5) is 40.7. The van der Waals surface area contributed by atoms with Gasteiger partial charge in [0.1, 0.15) is 0 Å². The second-order valence-electron chi connectivity index (χ2n) is 8.54. The van der Waals surface area contributed by atoms with Crippen LogP contribution in [0.1, 0.15) is 18.9 Å². The molecule has 1 atom stereocenters. The maximum absolute atomic E-state index is 12.6. The number of carbonyl (C=O) groups excluding carboxylic acids is 3. The first kappa shape index (κ1) is 26.4. The van der Waals surface area contributed by atoms with Gasteiger partial charge in [0.15, 0.2) is 18.1 Å². The van der Waals surface area contributed by atoms with E-state index in [1.807, 2.05) is 6.92 Å². The third-order valence-corrected chi connectivity index (χ3v) is 6.26. The number of benzene rings is 2. The Balaban J connectivity index is 1.32. The van der Waals surface area contributed by atoms with Crippen LogP contribution in [-0.4, -0.2) is 74.9 Å². The lowest BCUT2D eigenvalue weighted by Crippen LogP contribution is -2.43. The molecule has 2 fully saturated rings. The zero-order valence-corrected chi connectivity index (χ0v) is 21.3. The van der Waals surface area contributed by atoms with Crippen LogP contribution in [0.15, 0.2) is 47.6 Å². The van der Waals surface area contributed by atoms with Crippen LogP contribution in [0, 0.1) is 5.92 Å². The number of hydrazone groups is 1.